The number of alkyl halides is 2. The van der Waals surface area contributed by atoms with Gasteiger partial charge in [0.15, 0.2) is 53.2 Å². The molecule has 18 atom stereocenters. The zero-order chi connectivity index (χ0) is 86.5. The number of nitriles is 2. The van der Waals surface area contributed by atoms with Gasteiger partial charge in [0.2, 0.25) is 23.7 Å². The van der Waals surface area contributed by atoms with Crippen LogP contribution in [0.4, 0.5) is 32.3 Å². The number of carbonyl (C=O) groups is 4. The van der Waals surface area contributed by atoms with Gasteiger partial charge in [-0.25, -0.2) is 38.7 Å². The maximum absolute atomic E-state index is 16.5. The number of hydrogen-bond donors (Lipinski definition) is 11. The fourth-order valence-corrected chi connectivity index (χ4v) is 19.4. The average Bonchev–Trinajstić information content (AvgIpc) is 1.65. The molecule has 45 nitrogen and oxygen atoms in total. The second kappa shape index (κ2) is 40.4. The number of nitrogens with one attached hydrogen (secondary N) is 6. The number of amides is 4. The first kappa shape index (κ1) is 93.6. The molecule has 2 aromatic carbocycles. The van der Waals surface area contributed by atoms with Crippen LogP contribution in [0, 0.1) is 34.5 Å². The zero-order valence-electron chi connectivity index (χ0n) is 65.7. The molecule has 5 saturated heterocycles. The quantitative estimate of drug-likeness (QED) is 0.0180. The smallest absolute Gasteiger partial charge is 0.394 e. The highest BCUT2D eigenvalue weighted by molar-refractivity contribution is 8.08. The lowest BCUT2D eigenvalue weighted by Gasteiger charge is -2.29. The molecule has 13 heterocycles. The SMILES string of the molecule is CC(C)C(=O)Nc1nc2c(ncn2[C@@H]2O[C@@H]3COP(=S)(OCCC#N)O[C@H]4C[C@H](n5ccc6c(NC(=O)c7ccccc7)ncnc65)O[C@@H]4COP(O)(=S)O[C@@H]2[C@@H]3F)c(=O)[nH]1.CC(C)C(=O)Nc1nc2c(ncn2[C@@H]2O[C@H](COP(=S)(OCCC#N)O[C@H]3C[C@H](n4ccc5c(NC(=O)c6ccccc6)ncnc54)O[C@@H]3CO)[C@@H](F)[C@H]2O[P+](=O)O)c(=O)[nH]1.N.N.[HH]. The predicted octanol–water partition coefficient (Wildman–Crippen LogP) is 8.21. The van der Waals surface area contributed by atoms with Crippen LogP contribution < -0.4 is 44.7 Å². The third kappa shape index (κ3) is 21.1. The van der Waals surface area contributed by atoms with Crippen molar-refractivity contribution in [1.29, 1.82) is 10.5 Å². The summed E-state index contributed by atoms with van der Waals surface area (Å²) in [6.07, 6.45) is -11.0. The van der Waals surface area contributed by atoms with E-state index in [1.807, 2.05) is 12.1 Å². The Morgan fingerprint density at radius 2 is 1.19 bits per heavy atom. The average molecular weight is 1860 g/mol. The molecule has 124 heavy (non-hydrogen) atoms. The van der Waals surface area contributed by atoms with Crippen molar-refractivity contribution in [3.05, 3.63) is 142 Å². The molecule has 15 N–H and O–H groups in total. The summed E-state index contributed by atoms with van der Waals surface area (Å²) in [6, 6.07) is 24.5. The lowest BCUT2D eigenvalue weighted by atomic mass is 10.1. The number of benzene rings is 2. The molecule has 15 rings (SSSR count). The van der Waals surface area contributed by atoms with E-state index in [1.165, 1.54) is 17.2 Å². The molecule has 2 bridgehead atoms. The number of ether oxygens (including phenoxy) is 4. The van der Waals surface area contributed by atoms with Crippen LogP contribution in [0.15, 0.2) is 120 Å². The largest absolute Gasteiger partial charge is 0.695 e. The molecule has 4 unspecified atom stereocenters. The van der Waals surface area contributed by atoms with Crippen molar-refractivity contribution in [3.63, 3.8) is 0 Å². The minimum Gasteiger partial charge on any atom is -0.394 e. The topological polar surface area (TPSA) is 620 Å². The monoisotopic (exact) mass is 1860 g/mol. The van der Waals surface area contributed by atoms with E-state index >= 15 is 8.78 Å². The molecular weight excluding hydrogens is 1770 g/mol. The number of hydrogen-bond acceptors (Lipinski definition) is 36. The number of rotatable bonds is 26. The van der Waals surface area contributed by atoms with Crippen LogP contribution >= 0.6 is 28.4 Å². The van der Waals surface area contributed by atoms with Crippen molar-refractivity contribution in [2.24, 2.45) is 11.8 Å². The molecule has 0 spiro atoms. The van der Waals surface area contributed by atoms with Gasteiger partial charge in [-0.3, -0.25) is 63.0 Å². The second-order valence-corrected chi connectivity index (χ2v) is 37.5. The van der Waals surface area contributed by atoms with Gasteiger partial charge in [-0.1, -0.05) is 64.1 Å². The Balaban J connectivity index is 0.000000237. The van der Waals surface area contributed by atoms with Crippen LogP contribution in [0.2, 0.25) is 0 Å². The van der Waals surface area contributed by atoms with Gasteiger partial charge < -0.3 is 92.7 Å². The van der Waals surface area contributed by atoms with E-state index in [4.69, 9.17) is 95.1 Å². The van der Waals surface area contributed by atoms with Gasteiger partial charge in [0.05, 0.1) is 100 Å². The van der Waals surface area contributed by atoms with Crippen molar-refractivity contribution < 1.29 is 109 Å². The van der Waals surface area contributed by atoms with Crippen LogP contribution in [-0.2, 0) is 109 Å². The Kier molecular flexibility index (Phi) is 30.5. The summed E-state index contributed by atoms with van der Waals surface area (Å²) in [6.45, 7) is -8.22. The molecule has 5 aliphatic heterocycles. The van der Waals surface area contributed by atoms with Crippen molar-refractivity contribution in [1.82, 2.24) is 80.4 Å². The number of nitrogens with zero attached hydrogens (tertiary/aromatic N) is 14. The summed E-state index contributed by atoms with van der Waals surface area (Å²) in [5.41, 5.74) is -0.459. The summed E-state index contributed by atoms with van der Waals surface area (Å²) < 4.78 is 128. The van der Waals surface area contributed by atoms with Crippen LogP contribution in [-0.4, -0.2) is 207 Å². The summed E-state index contributed by atoms with van der Waals surface area (Å²) in [5.74, 6) is -2.48. The number of fused-ring (bicyclic) bond motifs is 7. The highest BCUT2D eigenvalue weighted by atomic mass is 32.5. The fraction of sp³-hybridized carbons (Fsp3) is 0.429. The zero-order valence-corrected chi connectivity index (χ0v) is 71.7. The normalized spacial score (nSPS) is 26.2. The Morgan fingerprint density at radius 3 is 1.73 bits per heavy atom. The van der Waals surface area contributed by atoms with E-state index in [-0.39, 0.29) is 110 Å². The lowest BCUT2D eigenvalue weighted by molar-refractivity contribution is -0.119. The summed E-state index contributed by atoms with van der Waals surface area (Å²) in [7, 11) is -3.39. The van der Waals surface area contributed by atoms with E-state index in [1.54, 1.807) is 122 Å². The van der Waals surface area contributed by atoms with Crippen LogP contribution in [0.5, 0.6) is 0 Å². The molecule has 10 aromatic rings. The Morgan fingerprint density at radius 1 is 0.661 bits per heavy atom. The highest BCUT2D eigenvalue weighted by Crippen LogP contribution is 2.58. The number of anilines is 4. The lowest BCUT2D eigenvalue weighted by Crippen LogP contribution is -2.32. The van der Waals surface area contributed by atoms with E-state index in [0.29, 0.717) is 33.2 Å². The third-order valence-corrected chi connectivity index (χ3v) is 26.1. The van der Waals surface area contributed by atoms with Gasteiger partial charge in [0.1, 0.15) is 78.6 Å². The van der Waals surface area contributed by atoms with E-state index in [9.17, 15) is 58.7 Å². The van der Waals surface area contributed by atoms with Gasteiger partial charge in [0.25, 0.3) is 22.9 Å². The van der Waals surface area contributed by atoms with Gasteiger partial charge in [-0.2, -0.15) is 20.5 Å². The van der Waals surface area contributed by atoms with Crippen molar-refractivity contribution in [2.45, 2.75) is 139 Å². The molecule has 5 fully saturated rings. The molecule has 4 amide bonds. The first-order valence-electron chi connectivity index (χ1n) is 37.3. The first-order chi connectivity index (χ1) is 58.5. The molecule has 54 heteroatoms. The summed E-state index contributed by atoms with van der Waals surface area (Å²) >= 11 is 16.9. The summed E-state index contributed by atoms with van der Waals surface area (Å²) in [4.78, 5) is 136. The van der Waals surface area contributed by atoms with E-state index in [2.05, 4.69) is 71.1 Å². The number of H-pyrrole nitrogens is 2. The number of imidazole rings is 2. The molecule has 5 aliphatic rings. The highest BCUT2D eigenvalue weighted by Gasteiger charge is 2.55. The summed E-state index contributed by atoms with van der Waals surface area (Å²) in [5, 5.41) is 40.4. The van der Waals surface area contributed by atoms with E-state index < -0.39 is 176 Å². The Bertz CT molecular complexity index is 5960. The number of halogens is 2. The van der Waals surface area contributed by atoms with Crippen molar-refractivity contribution in [3.8, 4) is 12.1 Å². The minimum absolute atomic E-state index is 0. The van der Waals surface area contributed by atoms with Gasteiger partial charge >= 0.3 is 28.4 Å². The number of aliphatic hydroxyl groups excluding tert-OH is 1. The fourth-order valence-electron chi connectivity index (χ4n) is 13.3. The molecule has 662 valence electrons. The third-order valence-electron chi connectivity index (χ3n) is 19.3. The molecule has 0 radical (unpaired) electrons. The van der Waals surface area contributed by atoms with Crippen molar-refractivity contribution in [2.75, 3.05) is 60.9 Å². The Labute approximate surface area is 717 Å². The minimum atomic E-state index is -4.35. The number of carbonyl (C=O) groups excluding carboxylic acids is 4. The second-order valence-electron chi connectivity index (χ2n) is 28.1. The van der Waals surface area contributed by atoms with Crippen LogP contribution in [0.25, 0.3) is 44.4 Å². The maximum atomic E-state index is 16.5. The first-order valence-corrected chi connectivity index (χ1v) is 46.1. The number of aromatic nitrogens is 14. The standard InChI is InChI=1S/C35H37FN10O12P2S.C35H37FN10O11P2S2.2H3N.H2/c1-18(2)31(48)43-35-42-30-26(33(50)44-35)40-17-46(30)34-27(57-59(51)52)25(36)23(56-34)15-54-60(61,53-12-6-10-37)58-21-13-24(55-22(21)14-47)45-11-9-20-28(38-16-39-29(20)45)41-32(49)19-7-4-3-5-8-19;1-18(2)31(47)43-35-42-30-26(33(49)44-35)40-17-46(30)34-27-25(36)23(55-34)15-53-59(61,51-12-6-10-37)56-21-13-24(54-22(21)14-52-58(50,60)57-27)45-11-9-20-28(38-16-39-29(20)45)41-32(48)19-7-4-3-5-8-19;;;/h3-5,7-9,11,16-18,21-25,27,34,47H,6,12-15H2,1-2H3,(H3-,38,39,41,42,43,44,48,49,50,51,52);3-5,7-9,11,16-18,21-25,27,34H,6,12-15H2,1-2H3,(H,50,60)(H,38,39,41,48)(H2,42,43,44,47,49);2*1H3;1H/p+1/t21-,22+,23+,24+,25+,27+,34+,60?;21-,22+,23+,24+,25+,27+,34+,58?,59?;;;/m00.../s1. The Hall–Kier alpha value is -9.57. The van der Waals surface area contributed by atoms with Crippen LogP contribution in [0.3, 0.4) is 0 Å². The van der Waals surface area contributed by atoms with Crippen LogP contribution in [0.1, 0.15) is 100 Å². The maximum Gasteiger partial charge on any atom is 0.695 e. The molecule has 0 aliphatic carbocycles. The van der Waals surface area contributed by atoms with E-state index in [0.717, 1.165) is 17.2 Å². The predicted molar refractivity (Wildman–Crippen MR) is 446 cm³/mol. The number of aromatic amines is 2. The number of aliphatic hydroxyl groups is 1. The van der Waals surface area contributed by atoms with Gasteiger partial charge in [-0.15, -0.1) is 9.42 Å². The molecule has 8 aromatic heterocycles. The van der Waals surface area contributed by atoms with Gasteiger partial charge in [-0.05, 0) is 71.8 Å². The molecular formula is C70H83F2N22O23P4S3+. The molecule has 0 saturated carbocycles. The van der Waals surface area contributed by atoms with Gasteiger partial charge in [0, 0.05) is 54.2 Å². The van der Waals surface area contributed by atoms with Crippen molar-refractivity contribution >= 4 is 155 Å².